The fourth-order valence-electron chi connectivity index (χ4n) is 1.65. The van der Waals surface area contributed by atoms with E-state index in [1.807, 2.05) is 0 Å². The monoisotopic (exact) mass is 281 g/mol. The third kappa shape index (κ3) is 3.19. The summed E-state index contributed by atoms with van der Waals surface area (Å²) in [6, 6.07) is 6.61. The van der Waals surface area contributed by atoms with Gasteiger partial charge >= 0.3 is 0 Å². The number of nitrogens with one attached hydrogen (secondary N) is 1. The molecule has 3 N–H and O–H groups in total. The molecular formula is C12H15N3O3S. The van der Waals surface area contributed by atoms with Gasteiger partial charge in [-0.2, -0.15) is 0 Å². The van der Waals surface area contributed by atoms with Crippen LogP contribution in [-0.2, 0) is 23.1 Å². The zero-order chi connectivity index (χ0) is 13.9. The normalized spacial score (nSPS) is 11.7. The lowest BCUT2D eigenvalue weighted by Crippen LogP contribution is -2.25. The molecule has 0 unspecified atom stereocenters. The summed E-state index contributed by atoms with van der Waals surface area (Å²) in [5.41, 5.74) is 6.10. The van der Waals surface area contributed by atoms with Crippen molar-refractivity contribution in [2.45, 2.75) is 24.9 Å². The molecule has 0 spiro atoms. The van der Waals surface area contributed by atoms with E-state index in [0.29, 0.717) is 17.2 Å². The van der Waals surface area contributed by atoms with Gasteiger partial charge in [-0.05, 0) is 18.6 Å². The lowest BCUT2D eigenvalue weighted by molar-refractivity contribution is 0.463. The Labute approximate surface area is 111 Å². The van der Waals surface area contributed by atoms with Crippen molar-refractivity contribution < 1.29 is 12.8 Å². The van der Waals surface area contributed by atoms with Crippen molar-refractivity contribution in [3.05, 3.63) is 47.7 Å². The summed E-state index contributed by atoms with van der Waals surface area (Å²) in [7, 11) is -3.62. The van der Waals surface area contributed by atoms with Crippen LogP contribution in [0.1, 0.15) is 17.2 Å². The fourth-order valence-corrected chi connectivity index (χ4v) is 2.88. The van der Waals surface area contributed by atoms with Crippen LogP contribution in [0, 0.1) is 6.92 Å². The summed E-state index contributed by atoms with van der Waals surface area (Å²) in [5.74, 6) is 0.961. The highest BCUT2D eigenvalue weighted by Gasteiger charge is 2.17. The maximum atomic E-state index is 12.2. The topological polar surface area (TPSA) is 98.2 Å². The van der Waals surface area contributed by atoms with E-state index in [9.17, 15) is 8.42 Å². The van der Waals surface area contributed by atoms with Gasteiger partial charge in [-0.1, -0.05) is 18.2 Å². The van der Waals surface area contributed by atoms with Gasteiger partial charge < -0.3 is 10.2 Å². The lowest BCUT2D eigenvalue weighted by Gasteiger charge is -2.09. The molecule has 0 saturated carbocycles. The molecule has 0 aliphatic heterocycles. The minimum absolute atomic E-state index is 0.00901. The number of hydrogen-bond donors (Lipinski definition) is 2. The Morgan fingerprint density at radius 2 is 2.11 bits per heavy atom. The van der Waals surface area contributed by atoms with Crippen LogP contribution in [0.4, 0.5) is 0 Å². The molecule has 2 aromatic rings. The molecule has 1 heterocycles. The van der Waals surface area contributed by atoms with E-state index in [1.165, 1.54) is 12.3 Å². The quantitative estimate of drug-likeness (QED) is 0.849. The summed E-state index contributed by atoms with van der Waals surface area (Å²) in [6.07, 6.45) is 1.54. The molecule has 0 atom stereocenters. The number of hydrogen-bond acceptors (Lipinski definition) is 5. The molecular weight excluding hydrogens is 266 g/mol. The number of oxazole rings is 1. The minimum atomic E-state index is -3.62. The summed E-state index contributed by atoms with van der Waals surface area (Å²) in [6.45, 7) is 1.92. The van der Waals surface area contributed by atoms with E-state index in [2.05, 4.69) is 9.71 Å². The molecule has 0 aliphatic carbocycles. The highest BCUT2D eigenvalue weighted by Crippen LogP contribution is 2.15. The summed E-state index contributed by atoms with van der Waals surface area (Å²) in [4.78, 5) is 4.12. The predicted molar refractivity (Wildman–Crippen MR) is 69.6 cm³/mol. The Bertz CT molecular complexity index is 664. The highest BCUT2D eigenvalue weighted by atomic mass is 32.2. The van der Waals surface area contributed by atoms with Crippen LogP contribution in [0.2, 0.25) is 0 Å². The van der Waals surface area contributed by atoms with Crippen LogP contribution in [0.25, 0.3) is 0 Å². The molecule has 1 aromatic heterocycles. The molecule has 0 amide bonds. The van der Waals surface area contributed by atoms with E-state index in [4.69, 9.17) is 10.2 Å². The van der Waals surface area contributed by atoms with Gasteiger partial charge in [-0.15, -0.1) is 0 Å². The first-order valence-corrected chi connectivity index (χ1v) is 7.20. The summed E-state index contributed by atoms with van der Waals surface area (Å²) in [5, 5.41) is 0. The molecule has 1 aromatic carbocycles. The van der Waals surface area contributed by atoms with Crippen molar-refractivity contribution in [2.75, 3.05) is 0 Å². The van der Waals surface area contributed by atoms with E-state index in [-0.39, 0.29) is 18.0 Å². The largest absolute Gasteiger partial charge is 0.445 e. The minimum Gasteiger partial charge on any atom is -0.445 e. The van der Waals surface area contributed by atoms with E-state index in [1.54, 1.807) is 25.1 Å². The molecule has 19 heavy (non-hydrogen) atoms. The molecule has 0 bridgehead atoms. The zero-order valence-electron chi connectivity index (χ0n) is 10.5. The Morgan fingerprint density at radius 1 is 1.37 bits per heavy atom. The first kappa shape index (κ1) is 13.7. The van der Waals surface area contributed by atoms with Gasteiger partial charge in [0.25, 0.3) is 0 Å². The van der Waals surface area contributed by atoms with Gasteiger partial charge in [0.05, 0.1) is 17.6 Å². The Morgan fingerprint density at radius 3 is 2.74 bits per heavy atom. The van der Waals surface area contributed by atoms with Gasteiger partial charge in [0.2, 0.25) is 15.9 Å². The average Bonchev–Trinajstić information content (AvgIpc) is 2.82. The number of benzene rings is 1. The smallest absolute Gasteiger partial charge is 0.241 e. The Kier molecular flexibility index (Phi) is 3.98. The van der Waals surface area contributed by atoms with Crippen molar-refractivity contribution in [3.8, 4) is 0 Å². The molecule has 7 heteroatoms. The van der Waals surface area contributed by atoms with Crippen molar-refractivity contribution in [2.24, 2.45) is 5.73 Å². The highest BCUT2D eigenvalue weighted by molar-refractivity contribution is 7.89. The van der Waals surface area contributed by atoms with Crippen LogP contribution < -0.4 is 10.5 Å². The summed E-state index contributed by atoms with van der Waals surface area (Å²) < 4.78 is 32.0. The maximum Gasteiger partial charge on any atom is 0.241 e. The molecule has 0 aliphatic rings. The molecule has 2 rings (SSSR count). The molecule has 0 radical (unpaired) electrons. The van der Waals surface area contributed by atoms with Crippen molar-refractivity contribution >= 4 is 10.0 Å². The lowest BCUT2D eigenvalue weighted by atomic mass is 10.2. The number of rotatable bonds is 5. The molecule has 102 valence electrons. The van der Waals surface area contributed by atoms with Crippen molar-refractivity contribution in [3.63, 3.8) is 0 Å². The van der Waals surface area contributed by atoms with Gasteiger partial charge in [-0.25, -0.2) is 18.1 Å². The first-order valence-electron chi connectivity index (χ1n) is 5.72. The van der Waals surface area contributed by atoms with Crippen molar-refractivity contribution in [1.29, 1.82) is 0 Å². The van der Waals surface area contributed by atoms with E-state index >= 15 is 0 Å². The Balaban J connectivity index is 2.18. The maximum absolute atomic E-state index is 12.2. The van der Waals surface area contributed by atoms with Crippen molar-refractivity contribution in [1.82, 2.24) is 9.71 Å². The van der Waals surface area contributed by atoms with Gasteiger partial charge in [-0.3, -0.25) is 0 Å². The number of nitrogens with zero attached hydrogens (tertiary/aromatic N) is 1. The number of nitrogens with two attached hydrogens (primary N) is 1. The van der Waals surface area contributed by atoms with Gasteiger partial charge in [0, 0.05) is 6.54 Å². The first-order chi connectivity index (χ1) is 9.03. The number of aryl methyl sites for hydroxylation is 1. The van der Waals surface area contributed by atoms with E-state index < -0.39 is 10.0 Å². The van der Waals surface area contributed by atoms with Crippen LogP contribution in [0.15, 0.2) is 39.8 Å². The second-order valence-electron chi connectivity index (χ2n) is 4.00. The molecule has 0 saturated heterocycles. The second-order valence-corrected chi connectivity index (χ2v) is 5.74. The summed E-state index contributed by atoms with van der Waals surface area (Å²) >= 11 is 0. The fraction of sp³-hybridized carbons (Fsp3) is 0.250. The third-order valence-electron chi connectivity index (χ3n) is 2.56. The third-order valence-corrected chi connectivity index (χ3v) is 4.07. The number of aromatic nitrogens is 1. The van der Waals surface area contributed by atoms with Crippen LogP contribution in [0.5, 0.6) is 0 Å². The van der Waals surface area contributed by atoms with Crippen LogP contribution in [-0.4, -0.2) is 13.4 Å². The predicted octanol–water partition coefficient (Wildman–Crippen LogP) is 0.920. The van der Waals surface area contributed by atoms with E-state index in [0.717, 1.165) is 0 Å². The standard InChI is InChI=1S/C12H15N3O3S/c1-9-7-14-12(18-9)8-15-19(16,17)11-5-3-2-4-10(11)6-13/h2-5,7,15H,6,8,13H2,1H3. The SMILES string of the molecule is Cc1cnc(CNS(=O)(=O)c2ccccc2CN)o1. The van der Waals surface area contributed by atoms with Gasteiger partial charge in [0.15, 0.2) is 0 Å². The second kappa shape index (κ2) is 5.52. The Hall–Kier alpha value is -1.70. The average molecular weight is 281 g/mol. The zero-order valence-corrected chi connectivity index (χ0v) is 11.3. The van der Waals surface area contributed by atoms with Crippen LogP contribution >= 0.6 is 0 Å². The number of sulfonamides is 1. The molecule has 6 nitrogen and oxygen atoms in total. The van der Waals surface area contributed by atoms with Gasteiger partial charge in [0.1, 0.15) is 5.76 Å². The van der Waals surface area contributed by atoms with Crippen LogP contribution in [0.3, 0.4) is 0 Å². The molecule has 0 fully saturated rings.